The molecule has 6 aromatic rings. The lowest BCUT2D eigenvalue weighted by atomic mass is 9.89. The number of rotatable bonds is 9. The Kier molecular flexibility index (Phi) is 15.0. The van der Waals surface area contributed by atoms with E-state index in [-0.39, 0.29) is 79.5 Å². The van der Waals surface area contributed by atoms with Crippen molar-refractivity contribution in [3.8, 4) is 57.1 Å². The van der Waals surface area contributed by atoms with E-state index >= 15 is 0 Å². The van der Waals surface area contributed by atoms with Gasteiger partial charge in [-0.15, -0.1) is 0 Å². The van der Waals surface area contributed by atoms with Crippen LogP contribution in [0.15, 0.2) is 109 Å². The maximum absolute atomic E-state index is 14.6. The molecule has 6 atom stereocenters. The zero-order valence-corrected chi connectivity index (χ0v) is 39.9. The number of ether oxygens (including phenoxy) is 4. The fourth-order valence-electron chi connectivity index (χ4n) is 8.16. The molecule has 3 heterocycles. The lowest BCUT2D eigenvalue weighted by Crippen LogP contribution is -2.54. The first-order valence-electron chi connectivity index (χ1n) is 22.1. The van der Waals surface area contributed by atoms with E-state index < -0.39 is 95.1 Å². The first-order chi connectivity index (χ1) is 35.3. The van der Waals surface area contributed by atoms with Crippen molar-refractivity contribution in [3.63, 3.8) is 0 Å². The molecule has 5 unspecified atom stereocenters. The molecule has 23 heteroatoms. The van der Waals surface area contributed by atoms with Crippen molar-refractivity contribution in [1.82, 2.24) is 21.3 Å². The number of hydrogen-bond acceptors (Lipinski definition) is 16. The molecule has 6 aromatic carbocycles. The lowest BCUT2D eigenvalue weighted by molar-refractivity contribution is -0.146. The van der Waals surface area contributed by atoms with Crippen LogP contribution in [-0.4, -0.2) is 85.6 Å². The number of nitrogens with two attached hydrogens (primary N) is 1. The standard InChI is InChI=1S/C51H43Cl2N5O16/c1-71-50(69)42-29-19-27(59)20-34(61)39(29)28-15-24(8-10-33(28)60)41-47(65)58-43(48(66)57-42)44(62)25-9-12-36(31(53)16-25)74-38-18-26(40(54)46(64)56-41)17-37(45(38)63)73-35-11-7-23(13-30(35)52)14-32(49(67)68)55-51(70)72-21-22-5-3-2-4-6-22/h2-13,15-20,32,40-44,59-63H,14,21,54H2,1H3,(H,55,70)(H,56,64)(H,57,66)(H,58,65)(H,67,68)/t32?,40?,41?,42-,43?,44?/m1/s1. The van der Waals surface area contributed by atoms with E-state index in [1.807, 2.05) is 0 Å². The quantitative estimate of drug-likeness (QED) is 0.0771. The number of alkyl carbamates (subject to hydrolysis) is 1. The summed E-state index contributed by atoms with van der Waals surface area (Å²) in [6, 6.07) is 15.5. The number of hydrogen-bond donors (Lipinski definition) is 11. The van der Waals surface area contributed by atoms with Gasteiger partial charge in [0.2, 0.25) is 23.5 Å². The number of carbonyl (C=O) groups excluding carboxylic acids is 5. The summed E-state index contributed by atoms with van der Waals surface area (Å²) in [7, 11) is 0.994. The van der Waals surface area contributed by atoms with Gasteiger partial charge in [0.1, 0.15) is 65.6 Å². The highest BCUT2D eigenvalue weighted by molar-refractivity contribution is 6.32. The zero-order valence-electron chi connectivity index (χ0n) is 38.4. The number of fused-ring (bicyclic) bond motifs is 8. The molecule has 21 nitrogen and oxygen atoms in total. The van der Waals surface area contributed by atoms with Gasteiger partial charge < -0.3 is 76.6 Å². The van der Waals surface area contributed by atoms with Crippen LogP contribution in [0, 0.1) is 0 Å². The number of methoxy groups -OCH3 is 1. The molecule has 0 aromatic heterocycles. The summed E-state index contributed by atoms with van der Waals surface area (Å²) in [5.74, 6) is -9.42. The van der Waals surface area contributed by atoms with Crippen molar-refractivity contribution >= 4 is 59.0 Å². The zero-order chi connectivity index (χ0) is 53.1. The molecule has 9 rings (SSSR count). The highest BCUT2D eigenvalue weighted by Gasteiger charge is 2.39. The van der Waals surface area contributed by atoms with Crippen LogP contribution in [0.5, 0.6) is 46.0 Å². The fraction of sp³-hybridized carbons (Fsp3) is 0.176. The number of benzene rings is 6. The number of halogens is 2. The van der Waals surface area contributed by atoms with Crippen molar-refractivity contribution in [3.05, 3.63) is 153 Å². The van der Waals surface area contributed by atoms with Crippen LogP contribution < -0.4 is 36.5 Å². The van der Waals surface area contributed by atoms with E-state index in [0.717, 1.165) is 25.3 Å². The van der Waals surface area contributed by atoms with Crippen LogP contribution in [-0.2, 0) is 46.5 Å². The molecule has 382 valence electrons. The summed E-state index contributed by atoms with van der Waals surface area (Å²) in [4.78, 5) is 81.4. The molecular weight excluding hydrogens is 1010 g/mol. The first kappa shape index (κ1) is 51.6. The van der Waals surface area contributed by atoms with Gasteiger partial charge in [0.15, 0.2) is 17.5 Å². The molecule has 3 aliphatic rings. The third-order valence-electron chi connectivity index (χ3n) is 11.9. The molecule has 0 saturated heterocycles. The molecule has 0 spiro atoms. The molecule has 0 saturated carbocycles. The number of aliphatic carboxylic acids is 1. The molecule has 8 bridgehead atoms. The molecule has 4 amide bonds. The smallest absolute Gasteiger partial charge is 0.408 e. The van der Waals surface area contributed by atoms with Gasteiger partial charge in [0.25, 0.3) is 0 Å². The van der Waals surface area contributed by atoms with E-state index in [1.165, 1.54) is 60.7 Å². The predicted octanol–water partition coefficient (Wildman–Crippen LogP) is 5.72. The van der Waals surface area contributed by atoms with Crippen molar-refractivity contribution < 1.29 is 78.4 Å². The highest BCUT2D eigenvalue weighted by Crippen LogP contribution is 2.47. The number of aliphatic hydroxyl groups is 1. The number of nitrogens with one attached hydrogen (secondary N) is 4. The summed E-state index contributed by atoms with van der Waals surface area (Å²) in [5.41, 5.74) is 6.48. The topological polar surface area (TPSA) is 335 Å². The first-order valence-corrected chi connectivity index (χ1v) is 22.9. The number of amides is 4. The third-order valence-corrected chi connectivity index (χ3v) is 12.5. The minimum atomic E-state index is -1.99. The van der Waals surface area contributed by atoms with Crippen molar-refractivity contribution in [2.24, 2.45) is 5.73 Å². The van der Waals surface area contributed by atoms with Gasteiger partial charge in [-0.3, -0.25) is 14.4 Å². The Balaban J connectivity index is 1.17. The Hall–Kier alpha value is -8.76. The summed E-state index contributed by atoms with van der Waals surface area (Å²) in [6.45, 7) is -0.102. The number of carboxylic acids is 1. The molecule has 74 heavy (non-hydrogen) atoms. The van der Waals surface area contributed by atoms with Gasteiger partial charge in [-0.2, -0.15) is 0 Å². The average Bonchev–Trinajstić information content (AvgIpc) is 3.37. The Morgan fingerprint density at radius 2 is 1.49 bits per heavy atom. The Bertz CT molecular complexity index is 3230. The van der Waals surface area contributed by atoms with Gasteiger partial charge >= 0.3 is 18.0 Å². The summed E-state index contributed by atoms with van der Waals surface area (Å²) in [5, 5.41) is 75.9. The van der Waals surface area contributed by atoms with Gasteiger partial charge in [-0.05, 0) is 82.4 Å². The van der Waals surface area contributed by atoms with Crippen LogP contribution in [0.4, 0.5) is 4.79 Å². The second kappa shape index (κ2) is 21.5. The SMILES string of the molecule is COC(=O)[C@@H]1NC(=O)C2NC(=O)C(NC(=O)C(N)c3cc(Oc4ccc(CC(NC(=O)OCc5ccccc5)C(=O)O)cc4Cl)c(O)c(c3)Oc3ccc(cc3Cl)C2O)c2ccc(O)c(c2)-c2c(O)cc(O)cc21. The monoisotopic (exact) mass is 1050 g/mol. The van der Waals surface area contributed by atoms with Crippen LogP contribution in [0.3, 0.4) is 0 Å². The van der Waals surface area contributed by atoms with Crippen molar-refractivity contribution in [1.29, 1.82) is 0 Å². The molecule has 12 N–H and O–H groups in total. The van der Waals surface area contributed by atoms with E-state index in [0.29, 0.717) is 11.1 Å². The number of phenols is 4. The molecular formula is C51H43Cl2N5O16. The summed E-state index contributed by atoms with van der Waals surface area (Å²) < 4.78 is 22.3. The van der Waals surface area contributed by atoms with E-state index in [9.17, 15) is 59.4 Å². The number of esters is 1. The van der Waals surface area contributed by atoms with E-state index in [1.54, 1.807) is 30.3 Å². The number of phenolic OH excluding ortho intramolecular Hbond substituents is 4. The number of aromatic hydroxyl groups is 4. The van der Waals surface area contributed by atoms with Gasteiger partial charge in [-0.25, -0.2) is 14.4 Å². The largest absolute Gasteiger partial charge is 0.508 e. The maximum Gasteiger partial charge on any atom is 0.408 e. The number of aliphatic hydroxyl groups excluding tert-OH is 1. The predicted molar refractivity (Wildman–Crippen MR) is 261 cm³/mol. The third kappa shape index (κ3) is 11.0. The van der Waals surface area contributed by atoms with E-state index in [4.69, 9.17) is 47.9 Å². The fourth-order valence-corrected chi connectivity index (χ4v) is 8.63. The van der Waals surface area contributed by atoms with Crippen LogP contribution in [0.1, 0.15) is 57.6 Å². The normalized spacial score (nSPS) is 18.7. The molecule has 0 aliphatic carbocycles. The Morgan fingerprint density at radius 3 is 2.19 bits per heavy atom. The highest BCUT2D eigenvalue weighted by atomic mass is 35.5. The Labute approximate surface area is 429 Å². The summed E-state index contributed by atoms with van der Waals surface area (Å²) >= 11 is 13.3. The maximum atomic E-state index is 14.6. The second-order valence-corrected chi connectivity index (χ2v) is 17.7. The van der Waals surface area contributed by atoms with Gasteiger partial charge in [0.05, 0.1) is 17.2 Å². The second-order valence-electron chi connectivity index (χ2n) is 16.8. The minimum absolute atomic E-state index is 0.0958. The van der Waals surface area contributed by atoms with E-state index in [2.05, 4.69) is 21.3 Å². The van der Waals surface area contributed by atoms with Crippen LogP contribution >= 0.6 is 23.2 Å². The van der Waals surface area contributed by atoms with Crippen molar-refractivity contribution in [2.45, 2.75) is 49.3 Å². The molecule has 3 aliphatic heterocycles. The number of carbonyl (C=O) groups is 6. The van der Waals surface area contributed by atoms with Gasteiger partial charge in [-0.1, -0.05) is 71.7 Å². The summed E-state index contributed by atoms with van der Waals surface area (Å²) in [6.07, 6.45) is -3.20. The number of carboxylic acid groups (broad SMARTS) is 1. The van der Waals surface area contributed by atoms with Crippen molar-refractivity contribution in [2.75, 3.05) is 7.11 Å². The average molecular weight is 1050 g/mol. The van der Waals surface area contributed by atoms with Crippen LogP contribution in [0.25, 0.3) is 11.1 Å². The molecule has 0 fully saturated rings. The molecule has 0 radical (unpaired) electrons. The van der Waals surface area contributed by atoms with Crippen LogP contribution in [0.2, 0.25) is 10.0 Å². The Morgan fingerprint density at radius 1 is 0.743 bits per heavy atom. The van der Waals surface area contributed by atoms with Gasteiger partial charge in [0, 0.05) is 29.2 Å². The minimum Gasteiger partial charge on any atom is -0.508 e. The lowest BCUT2D eigenvalue weighted by Gasteiger charge is -2.30.